The average molecular weight is 376 g/mol. The highest BCUT2D eigenvalue weighted by molar-refractivity contribution is 6.11. The number of aliphatic imine (C=N–C) groups is 1. The summed E-state index contributed by atoms with van der Waals surface area (Å²) in [5, 5.41) is 0. The number of esters is 1. The Kier molecular flexibility index (Phi) is 4.20. The van der Waals surface area contributed by atoms with Crippen LogP contribution in [0.15, 0.2) is 4.99 Å². The summed E-state index contributed by atoms with van der Waals surface area (Å²) in [5.41, 5.74) is -1.22. The smallest absolute Gasteiger partial charge is 0.332 e. The highest BCUT2D eigenvalue weighted by Crippen LogP contribution is 2.51. The number of hydrogen-bond donors (Lipinski definition) is 0. The zero-order valence-corrected chi connectivity index (χ0v) is 16.5. The molecule has 3 aliphatic heterocycles. The number of carbonyl (C=O) groups excluding carboxylic acids is 3. The van der Waals surface area contributed by atoms with E-state index in [2.05, 4.69) is 0 Å². The van der Waals surface area contributed by atoms with Crippen molar-refractivity contribution in [3.63, 3.8) is 0 Å². The van der Waals surface area contributed by atoms with Gasteiger partial charge in [0.2, 0.25) is 11.8 Å². The molecule has 0 N–H and O–H groups in total. The molecule has 0 radical (unpaired) electrons. The summed E-state index contributed by atoms with van der Waals surface area (Å²) in [6.07, 6.45) is 5.64. The van der Waals surface area contributed by atoms with Crippen molar-refractivity contribution < 1.29 is 19.1 Å². The largest absolute Gasteiger partial charge is 0.467 e. The van der Waals surface area contributed by atoms with Gasteiger partial charge in [0.05, 0.1) is 31.0 Å². The monoisotopic (exact) mass is 376 g/mol. The van der Waals surface area contributed by atoms with Crippen LogP contribution in [0.5, 0.6) is 0 Å². The molecule has 8 heteroatoms. The van der Waals surface area contributed by atoms with E-state index in [4.69, 9.17) is 9.73 Å². The minimum Gasteiger partial charge on any atom is -0.467 e. The van der Waals surface area contributed by atoms with E-state index < -0.39 is 23.3 Å². The topological polar surface area (TPSA) is 82.5 Å². The van der Waals surface area contributed by atoms with Crippen molar-refractivity contribution in [3.05, 3.63) is 0 Å². The summed E-state index contributed by atoms with van der Waals surface area (Å²) in [7, 11) is 4.77. The second-order valence-corrected chi connectivity index (χ2v) is 8.42. The number of hydrogen-bond acceptors (Lipinski definition) is 5. The van der Waals surface area contributed by atoms with E-state index in [0.717, 1.165) is 31.6 Å². The third-order valence-corrected chi connectivity index (χ3v) is 6.91. The van der Waals surface area contributed by atoms with Gasteiger partial charge in [-0.25, -0.2) is 9.79 Å². The van der Waals surface area contributed by atoms with Gasteiger partial charge in [0.1, 0.15) is 0 Å². The van der Waals surface area contributed by atoms with E-state index >= 15 is 0 Å². The Bertz CT molecular complexity index is 716. The Morgan fingerprint density at radius 1 is 1.15 bits per heavy atom. The van der Waals surface area contributed by atoms with Crippen molar-refractivity contribution >= 4 is 23.7 Å². The second kappa shape index (κ2) is 6.21. The first-order valence-corrected chi connectivity index (χ1v) is 9.80. The standard InChI is InChI=1S/C19H28N4O4/c1-19(17(26)27-4)14-13(15(24)22(3)16(14)25)12-10-21(2)18(23(12)19)20-11-8-6-5-7-9-11/h11-14H,5-10H2,1-4H3/t12-,13+,14-,19-/m1/s1. The fourth-order valence-corrected chi connectivity index (χ4v) is 5.53. The van der Waals surface area contributed by atoms with E-state index in [-0.39, 0.29) is 23.9 Å². The van der Waals surface area contributed by atoms with Crippen LogP contribution in [0.3, 0.4) is 0 Å². The highest BCUT2D eigenvalue weighted by Gasteiger charge is 2.72. The van der Waals surface area contributed by atoms with E-state index in [1.165, 1.54) is 25.5 Å². The molecule has 0 unspecified atom stereocenters. The Labute approximate surface area is 159 Å². The van der Waals surface area contributed by atoms with Crippen LogP contribution in [0.4, 0.5) is 0 Å². The summed E-state index contributed by atoms with van der Waals surface area (Å²) in [5.74, 6) is -1.53. The van der Waals surface area contributed by atoms with Gasteiger partial charge in [0.15, 0.2) is 11.5 Å². The van der Waals surface area contributed by atoms with Gasteiger partial charge in [-0.3, -0.25) is 14.5 Å². The van der Waals surface area contributed by atoms with E-state index in [1.54, 1.807) is 6.92 Å². The fourth-order valence-electron chi connectivity index (χ4n) is 5.53. The maximum atomic E-state index is 12.9. The molecule has 3 heterocycles. The van der Waals surface area contributed by atoms with Crippen LogP contribution in [-0.2, 0) is 19.1 Å². The average Bonchev–Trinajstić information content (AvgIpc) is 3.20. The summed E-state index contributed by atoms with van der Waals surface area (Å²) < 4.78 is 5.11. The Morgan fingerprint density at radius 3 is 2.44 bits per heavy atom. The van der Waals surface area contributed by atoms with Crippen molar-refractivity contribution in [2.75, 3.05) is 27.7 Å². The summed E-state index contributed by atoms with van der Waals surface area (Å²) in [6.45, 7) is 2.31. The van der Waals surface area contributed by atoms with Crippen LogP contribution in [0.1, 0.15) is 39.0 Å². The quantitative estimate of drug-likeness (QED) is 0.515. The Balaban J connectivity index is 1.80. The first-order chi connectivity index (χ1) is 12.8. The third-order valence-electron chi connectivity index (χ3n) is 6.91. The molecule has 1 aliphatic carbocycles. The molecule has 4 rings (SSSR count). The first-order valence-electron chi connectivity index (χ1n) is 9.80. The van der Waals surface area contributed by atoms with Gasteiger partial charge < -0.3 is 14.5 Å². The predicted molar refractivity (Wildman–Crippen MR) is 97.7 cm³/mol. The van der Waals surface area contributed by atoms with Crippen LogP contribution < -0.4 is 0 Å². The van der Waals surface area contributed by atoms with Gasteiger partial charge >= 0.3 is 5.97 Å². The fraction of sp³-hybridized carbons (Fsp3) is 0.789. The SMILES string of the molecule is COC(=O)[C@@]1(C)[C@H]2C(=O)N(C)C(=O)[C@H]2[C@H]2CN(C)C(=NC3CCCCC3)N21. The molecule has 0 spiro atoms. The van der Waals surface area contributed by atoms with Gasteiger partial charge in [-0.2, -0.15) is 0 Å². The van der Waals surface area contributed by atoms with Gasteiger partial charge in [-0.05, 0) is 19.8 Å². The number of guanidine groups is 1. The highest BCUT2D eigenvalue weighted by atomic mass is 16.5. The number of methoxy groups -OCH3 is 1. The van der Waals surface area contributed by atoms with Gasteiger partial charge in [0, 0.05) is 20.6 Å². The molecule has 0 bridgehead atoms. The lowest BCUT2D eigenvalue weighted by atomic mass is 9.81. The number of imide groups is 1. The molecule has 0 aromatic rings. The number of fused-ring (bicyclic) bond motifs is 3. The van der Waals surface area contributed by atoms with E-state index in [9.17, 15) is 14.4 Å². The number of nitrogens with zero attached hydrogens (tertiary/aromatic N) is 4. The Hall–Kier alpha value is -2.12. The molecule has 0 aromatic carbocycles. The van der Waals surface area contributed by atoms with Gasteiger partial charge in [-0.1, -0.05) is 19.3 Å². The van der Waals surface area contributed by atoms with Crippen molar-refractivity contribution in [3.8, 4) is 0 Å². The molecule has 4 atom stereocenters. The van der Waals surface area contributed by atoms with Crippen molar-refractivity contribution in [1.29, 1.82) is 0 Å². The van der Waals surface area contributed by atoms with Crippen molar-refractivity contribution in [1.82, 2.24) is 14.7 Å². The number of likely N-dealkylation sites (tertiary alicyclic amines) is 1. The summed E-state index contributed by atoms with van der Waals surface area (Å²) in [4.78, 5) is 48.7. The maximum Gasteiger partial charge on any atom is 0.332 e. The minimum absolute atomic E-state index is 0.208. The molecule has 3 saturated heterocycles. The molecule has 4 aliphatic rings. The predicted octanol–water partition coefficient (Wildman–Crippen LogP) is 0.467. The number of likely N-dealkylation sites (N-methyl/N-ethyl adjacent to an activating group) is 1. The van der Waals surface area contributed by atoms with Crippen LogP contribution in [0.25, 0.3) is 0 Å². The van der Waals surface area contributed by atoms with Crippen LogP contribution in [0, 0.1) is 11.8 Å². The number of amides is 2. The lowest BCUT2D eigenvalue weighted by Crippen LogP contribution is -2.58. The summed E-state index contributed by atoms with van der Waals surface area (Å²) >= 11 is 0. The number of ether oxygens (including phenoxy) is 1. The minimum atomic E-state index is -1.22. The third kappa shape index (κ3) is 2.34. The molecule has 27 heavy (non-hydrogen) atoms. The lowest BCUT2D eigenvalue weighted by Gasteiger charge is -2.37. The molecular formula is C19H28N4O4. The maximum absolute atomic E-state index is 12.9. The molecule has 148 valence electrons. The molecule has 4 fully saturated rings. The van der Waals surface area contributed by atoms with Crippen LogP contribution >= 0.6 is 0 Å². The lowest BCUT2D eigenvalue weighted by molar-refractivity contribution is -0.156. The normalized spacial score (nSPS) is 38.0. The molecule has 8 nitrogen and oxygen atoms in total. The second-order valence-electron chi connectivity index (χ2n) is 8.42. The van der Waals surface area contributed by atoms with E-state index in [1.807, 2.05) is 16.8 Å². The molecule has 0 aromatic heterocycles. The zero-order chi connectivity index (χ0) is 19.5. The van der Waals surface area contributed by atoms with E-state index in [0.29, 0.717) is 6.54 Å². The number of rotatable bonds is 2. The first kappa shape index (κ1) is 18.3. The van der Waals surface area contributed by atoms with Gasteiger partial charge in [0.25, 0.3) is 0 Å². The molecule has 1 saturated carbocycles. The zero-order valence-electron chi connectivity index (χ0n) is 16.5. The van der Waals surface area contributed by atoms with Crippen LogP contribution in [0.2, 0.25) is 0 Å². The van der Waals surface area contributed by atoms with Gasteiger partial charge in [-0.15, -0.1) is 0 Å². The number of carbonyl (C=O) groups is 3. The molecule has 2 amide bonds. The van der Waals surface area contributed by atoms with Crippen molar-refractivity contribution in [2.24, 2.45) is 16.8 Å². The van der Waals surface area contributed by atoms with Crippen LogP contribution in [-0.4, -0.2) is 83.8 Å². The summed E-state index contributed by atoms with van der Waals surface area (Å²) in [6, 6.07) is -0.0146. The molecular weight excluding hydrogens is 348 g/mol. The Morgan fingerprint density at radius 2 is 1.81 bits per heavy atom. The van der Waals surface area contributed by atoms with Crippen molar-refractivity contribution in [2.45, 2.75) is 56.7 Å².